The third-order valence-corrected chi connectivity index (χ3v) is 3.93. The summed E-state index contributed by atoms with van der Waals surface area (Å²) in [7, 11) is 0.506. The van der Waals surface area contributed by atoms with Crippen LogP contribution in [0, 0.1) is 5.82 Å². The molecule has 0 atom stereocenters. The molecule has 1 aromatic heterocycles. The number of fused-ring (bicyclic) bond motifs is 3. The lowest BCUT2D eigenvalue weighted by molar-refractivity contribution is 0.435. The minimum absolute atomic E-state index is 0.0240. The first kappa shape index (κ1) is 13.8. The topological polar surface area (TPSA) is 34.4 Å². The Kier molecular flexibility index (Phi) is 3.28. The van der Waals surface area contributed by atoms with Crippen LogP contribution < -0.4 is 4.65 Å². The maximum atomic E-state index is 14.2. The summed E-state index contributed by atoms with van der Waals surface area (Å²) in [4.78, 5) is 0. The summed E-state index contributed by atoms with van der Waals surface area (Å²) in [5.74, 6) is -0.491. The van der Waals surface area contributed by atoms with Crippen molar-refractivity contribution in [3.05, 3.63) is 72.5 Å². The number of hydrogen-bond acceptors (Lipinski definition) is 2. The molecule has 0 aliphatic rings. The normalized spacial score (nSPS) is 11.0. The summed E-state index contributed by atoms with van der Waals surface area (Å²) in [6.45, 7) is 0. The highest BCUT2D eigenvalue weighted by atomic mass is 19.1. The van der Waals surface area contributed by atoms with E-state index in [1.54, 1.807) is 6.07 Å². The van der Waals surface area contributed by atoms with Crippen LogP contribution in [0.15, 0.2) is 66.7 Å². The molecule has 0 saturated heterocycles. The van der Waals surface area contributed by atoms with Gasteiger partial charge in [0.15, 0.2) is 5.82 Å². The van der Waals surface area contributed by atoms with Gasteiger partial charge in [-0.25, -0.2) is 4.39 Å². The average molecular weight is 304 g/mol. The van der Waals surface area contributed by atoms with Gasteiger partial charge in [0, 0.05) is 11.1 Å². The van der Waals surface area contributed by atoms with Gasteiger partial charge < -0.3 is 14.2 Å². The predicted octanol–water partition coefficient (Wildman–Crippen LogP) is 3.83. The number of hydrogen-bond donors (Lipinski definition) is 1. The van der Waals surface area contributed by atoms with Crippen LogP contribution in [0.3, 0.4) is 0 Å². The second-order valence-electron chi connectivity index (χ2n) is 5.18. The van der Waals surface area contributed by atoms with Crippen LogP contribution in [0.2, 0.25) is 0 Å². The summed E-state index contributed by atoms with van der Waals surface area (Å²) in [5, 5.41) is 10.5. The van der Waals surface area contributed by atoms with E-state index in [1.807, 2.05) is 59.2 Å². The molecule has 23 heavy (non-hydrogen) atoms. The van der Waals surface area contributed by atoms with Crippen LogP contribution in [0.1, 0.15) is 0 Å². The first-order valence-electron chi connectivity index (χ1n) is 7.21. The van der Waals surface area contributed by atoms with E-state index in [1.165, 1.54) is 6.07 Å². The maximum Gasteiger partial charge on any atom is 0.569 e. The van der Waals surface area contributed by atoms with Gasteiger partial charge in [-0.15, -0.1) is 0 Å². The molecule has 0 saturated carbocycles. The minimum atomic E-state index is -0.515. The Morgan fingerprint density at radius 1 is 0.870 bits per heavy atom. The molecule has 0 aliphatic carbocycles. The third-order valence-electron chi connectivity index (χ3n) is 3.93. The lowest BCUT2D eigenvalue weighted by Gasteiger charge is -2.09. The van der Waals surface area contributed by atoms with E-state index in [0.29, 0.717) is 13.1 Å². The van der Waals surface area contributed by atoms with Gasteiger partial charge in [-0.3, -0.25) is 0 Å². The molecule has 0 aliphatic heterocycles. The molecule has 3 nitrogen and oxygen atoms in total. The van der Waals surface area contributed by atoms with E-state index in [4.69, 9.17) is 9.68 Å². The van der Waals surface area contributed by atoms with E-state index in [9.17, 15) is 4.39 Å². The molecular formula is C18H12BFNO2. The SMILES string of the molecule is O[B]Oc1c(F)ccc2c1c1ccccc1n2-c1ccccc1. The number of nitrogens with zero attached hydrogens (tertiary/aromatic N) is 1. The molecule has 111 valence electrons. The van der Waals surface area contributed by atoms with Crippen molar-refractivity contribution < 1.29 is 14.1 Å². The van der Waals surface area contributed by atoms with Gasteiger partial charge in [-0.1, -0.05) is 36.4 Å². The lowest BCUT2D eigenvalue weighted by Crippen LogP contribution is -2.02. The van der Waals surface area contributed by atoms with Gasteiger partial charge in [0.05, 0.1) is 16.4 Å². The summed E-state index contributed by atoms with van der Waals surface area (Å²) < 4.78 is 21.3. The average Bonchev–Trinajstić information content (AvgIpc) is 2.93. The maximum absolute atomic E-state index is 14.2. The monoisotopic (exact) mass is 304 g/mol. The second kappa shape index (κ2) is 5.45. The van der Waals surface area contributed by atoms with Crippen LogP contribution in [0.5, 0.6) is 5.75 Å². The van der Waals surface area contributed by atoms with Gasteiger partial charge in [0.2, 0.25) is 0 Å². The van der Waals surface area contributed by atoms with Crippen LogP contribution in [0.4, 0.5) is 4.39 Å². The molecule has 0 spiro atoms. The van der Waals surface area contributed by atoms with Crippen molar-refractivity contribution in [1.29, 1.82) is 0 Å². The molecule has 0 bridgehead atoms. The Balaban J connectivity index is 2.20. The van der Waals surface area contributed by atoms with E-state index >= 15 is 0 Å². The largest absolute Gasteiger partial charge is 0.569 e. The summed E-state index contributed by atoms with van der Waals surface area (Å²) in [5.41, 5.74) is 2.74. The molecule has 1 radical (unpaired) electrons. The third kappa shape index (κ3) is 2.09. The Morgan fingerprint density at radius 2 is 1.61 bits per heavy atom. The van der Waals surface area contributed by atoms with Gasteiger partial charge in [0.1, 0.15) is 5.75 Å². The van der Waals surface area contributed by atoms with Crippen LogP contribution in [0.25, 0.3) is 27.5 Å². The van der Waals surface area contributed by atoms with Gasteiger partial charge >= 0.3 is 7.69 Å². The summed E-state index contributed by atoms with van der Waals surface area (Å²) >= 11 is 0. The molecule has 0 fully saturated rings. The van der Waals surface area contributed by atoms with Gasteiger partial charge in [-0.05, 0) is 30.3 Å². The standard InChI is InChI=1S/C18H12BFNO2/c20-14-10-11-16-17(18(14)23-19-22)13-8-4-5-9-15(13)21(16)12-6-2-1-3-7-12/h1-11,22H. The quantitative estimate of drug-likeness (QED) is 0.584. The highest BCUT2D eigenvalue weighted by Crippen LogP contribution is 2.38. The van der Waals surface area contributed by atoms with Crippen molar-refractivity contribution in [2.75, 3.05) is 0 Å². The van der Waals surface area contributed by atoms with Crippen molar-refractivity contribution in [2.45, 2.75) is 0 Å². The van der Waals surface area contributed by atoms with Gasteiger partial charge in [-0.2, -0.15) is 0 Å². The van der Waals surface area contributed by atoms with Crippen LogP contribution in [-0.2, 0) is 0 Å². The molecule has 3 aromatic carbocycles. The Hall–Kier alpha value is -2.79. The minimum Gasteiger partial charge on any atom is -0.535 e. The van der Waals surface area contributed by atoms with E-state index in [-0.39, 0.29) is 5.75 Å². The summed E-state index contributed by atoms with van der Waals surface area (Å²) in [6, 6.07) is 20.7. The van der Waals surface area contributed by atoms with E-state index in [0.717, 1.165) is 22.1 Å². The zero-order chi connectivity index (χ0) is 15.8. The van der Waals surface area contributed by atoms with Crippen molar-refractivity contribution in [3.63, 3.8) is 0 Å². The Labute approximate surface area is 132 Å². The summed E-state index contributed by atoms with van der Waals surface area (Å²) in [6.07, 6.45) is 0. The number of para-hydroxylation sites is 2. The fraction of sp³-hybridized carbons (Fsp3) is 0. The Morgan fingerprint density at radius 3 is 2.39 bits per heavy atom. The number of halogens is 1. The highest BCUT2D eigenvalue weighted by Gasteiger charge is 2.18. The van der Waals surface area contributed by atoms with Crippen molar-refractivity contribution in [1.82, 2.24) is 4.57 Å². The van der Waals surface area contributed by atoms with E-state index < -0.39 is 5.82 Å². The van der Waals surface area contributed by atoms with Crippen LogP contribution >= 0.6 is 0 Å². The molecule has 1 heterocycles. The molecule has 0 unspecified atom stereocenters. The Bertz CT molecular complexity index is 998. The molecular weight excluding hydrogens is 292 g/mol. The van der Waals surface area contributed by atoms with Crippen molar-refractivity contribution in [3.8, 4) is 11.4 Å². The van der Waals surface area contributed by atoms with Crippen molar-refractivity contribution in [2.24, 2.45) is 0 Å². The van der Waals surface area contributed by atoms with Gasteiger partial charge in [0.25, 0.3) is 0 Å². The second-order valence-corrected chi connectivity index (χ2v) is 5.18. The first-order valence-corrected chi connectivity index (χ1v) is 7.21. The predicted molar refractivity (Wildman–Crippen MR) is 89.3 cm³/mol. The fourth-order valence-electron chi connectivity index (χ4n) is 3.03. The zero-order valence-corrected chi connectivity index (χ0v) is 12.1. The van der Waals surface area contributed by atoms with Crippen molar-refractivity contribution >= 4 is 29.5 Å². The molecule has 0 amide bonds. The molecule has 4 aromatic rings. The fourth-order valence-corrected chi connectivity index (χ4v) is 3.03. The molecule has 5 heteroatoms. The number of rotatable bonds is 3. The first-order chi connectivity index (χ1) is 11.3. The molecule has 1 N–H and O–H groups in total. The zero-order valence-electron chi connectivity index (χ0n) is 12.1. The number of aromatic nitrogens is 1. The lowest BCUT2D eigenvalue weighted by atomic mass is 10.1. The number of benzene rings is 3. The smallest absolute Gasteiger partial charge is 0.535 e. The van der Waals surface area contributed by atoms with Crippen LogP contribution in [-0.4, -0.2) is 17.3 Å². The molecule has 4 rings (SSSR count). The van der Waals surface area contributed by atoms with E-state index in [2.05, 4.69) is 0 Å². The highest BCUT2D eigenvalue weighted by molar-refractivity contribution is 6.20.